The van der Waals surface area contributed by atoms with Crippen LogP contribution < -0.4 is 15.4 Å². The lowest BCUT2D eigenvalue weighted by Crippen LogP contribution is -2.63. The number of pyridine rings is 1. The van der Waals surface area contributed by atoms with Crippen LogP contribution in [0.3, 0.4) is 0 Å². The van der Waals surface area contributed by atoms with Crippen LogP contribution in [0.15, 0.2) is 36.7 Å². The summed E-state index contributed by atoms with van der Waals surface area (Å²) in [5.41, 5.74) is -0.0504. The summed E-state index contributed by atoms with van der Waals surface area (Å²) in [4.78, 5) is 31.1. The predicted molar refractivity (Wildman–Crippen MR) is 136 cm³/mol. The van der Waals surface area contributed by atoms with E-state index >= 15 is 0 Å². The van der Waals surface area contributed by atoms with E-state index < -0.39 is 28.5 Å². The molecule has 4 heterocycles. The molecule has 1 fully saturated rings. The second kappa shape index (κ2) is 9.28. The minimum absolute atomic E-state index is 0.0425. The van der Waals surface area contributed by atoms with Crippen LogP contribution in [0, 0.1) is 0 Å². The van der Waals surface area contributed by atoms with Crippen molar-refractivity contribution in [3.05, 3.63) is 58.0 Å². The molecule has 1 saturated heterocycles. The molecule has 1 aliphatic heterocycles. The van der Waals surface area contributed by atoms with Crippen molar-refractivity contribution in [1.82, 2.24) is 30.3 Å². The second-order valence-corrected chi connectivity index (χ2v) is 10.7. The van der Waals surface area contributed by atoms with Gasteiger partial charge in [0.05, 0.1) is 40.1 Å². The van der Waals surface area contributed by atoms with Gasteiger partial charge in [0, 0.05) is 17.6 Å². The zero-order valence-electron chi connectivity index (χ0n) is 19.0. The van der Waals surface area contributed by atoms with Gasteiger partial charge in [0.15, 0.2) is 5.82 Å². The van der Waals surface area contributed by atoms with Crippen LogP contribution in [0.2, 0.25) is 10.0 Å². The Hall–Kier alpha value is -3.32. The lowest BCUT2D eigenvalue weighted by Gasteiger charge is -2.39. The van der Waals surface area contributed by atoms with E-state index in [0.717, 1.165) is 0 Å². The van der Waals surface area contributed by atoms with Crippen molar-refractivity contribution in [2.75, 3.05) is 23.9 Å². The average molecular weight is 548 g/mol. The van der Waals surface area contributed by atoms with Crippen molar-refractivity contribution in [3.63, 3.8) is 0 Å². The summed E-state index contributed by atoms with van der Waals surface area (Å²) in [6.07, 6.45) is 3.03. The van der Waals surface area contributed by atoms with Gasteiger partial charge in [0.1, 0.15) is 22.7 Å². The van der Waals surface area contributed by atoms with E-state index in [4.69, 9.17) is 27.9 Å². The molecule has 14 heteroatoms. The number of halogens is 2. The number of aromatic amines is 1. The van der Waals surface area contributed by atoms with E-state index in [0.29, 0.717) is 22.4 Å². The summed E-state index contributed by atoms with van der Waals surface area (Å²) in [5, 5.41) is 17.6. The van der Waals surface area contributed by atoms with Crippen LogP contribution in [0.25, 0.3) is 16.7 Å². The molecule has 11 nitrogen and oxygen atoms in total. The molecule has 0 spiro atoms. The lowest BCUT2D eigenvalue weighted by atomic mass is 10.0. The number of hydrogen-bond donors (Lipinski definition) is 3. The summed E-state index contributed by atoms with van der Waals surface area (Å²) in [7, 11) is 1.41. The average Bonchev–Trinajstić information content (AvgIpc) is 3.45. The first-order valence-electron chi connectivity index (χ1n) is 10.6. The van der Waals surface area contributed by atoms with Crippen LogP contribution in [-0.2, 0) is 11.2 Å². The number of hydrogen-bond acceptors (Lipinski definition) is 7. The molecular formula is C22H19Cl2N7O4S. The van der Waals surface area contributed by atoms with Crippen LogP contribution >= 0.6 is 23.2 Å². The Morgan fingerprint density at radius 1 is 1.25 bits per heavy atom. The Morgan fingerprint density at radius 3 is 2.72 bits per heavy atom. The van der Waals surface area contributed by atoms with Gasteiger partial charge in [-0.3, -0.25) is 14.7 Å². The summed E-state index contributed by atoms with van der Waals surface area (Å²) >= 11 is 11.8. The highest BCUT2D eigenvalue weighted by molar-refractivity contribution is 7.93. The van der Waals surface area contributed by atoms with Crippen molar-refractivity contribution < 1.29 is 18.9 Å². The quantitative estimate of drug-likeness (QED) is 0.314. The van der Waals surface area contributed by atoms with Gasteiger partial charge < -0.3 is 19.9 Å². The van der Waals surface area contributed by atoms with Crippen LogP contribution in [0.5, 0.6) is 5.88 Å². The van der Waals surface area contributed by atoms with Gasteiger partial charge in [0.2, 0.25) is 5.88 Å². The van der Waals surface area contributed by atoms with Crippen molar-refractivity contribution in [3.8, 4) is 11.7 Å². The van der Waals surface area contributed by atoms with E-state index in [2.05, 4.69) is 30.9 Å². The van der Waals surface area contributed by atoms with Gasteiger partial charge in [-0.05, 0) is 36.3 Å². The molecule has 186 valence electrons. The highest BCUT2D eigenvalue weighted by Crippen LogP contribution is 2.35. The van der Waals surface area contributed by atoms with Gasteiger partial charge in [-0.2, -0.15) is 5.10 Å². The van der Waals surface area contributed by atoms with E-state index in [-0.39, 0.29) is 38.7 Å². The lowest BCUT2D eigenvalue weighted by molar-refractivity contribution is 0.0919. The van der Waals surface area contributed by atoms with Crippen molar-refractivity contribution in [2.45, 2.75) is 12.5 Å². The SMILES string of the molecule is COc1cc(C(=O)Nc2c(Cl)cc3cn[nH]c3c2C(=O)NC2(C)C[S+]([O-])C2)n(-c2ncccc2Cl)n1. The minimum Gasteiger partial charge on any atom is -0.616 e. The molecule has 0 atom stereocenters. The van der Waals surface area contributed by atoms with E-state index in [9.17, 15) is 14.1 Å². The van der Waals surface area contributed by atoms with Gasteiger partial charge >= 0.3 is 0 Å². The number of nitrogens with one attached hydrogen (secondary N) is 3. The number of benzene rings is 1. The maximum absolute atomic E-state index is 13.5. The molecule has 1 aromatic carbocycles. The van der Waals surface area contributed by atoms with E-state index in [1.165, 1.54) is 30.3 Å². The first-order chi connectivity index (χ1) is 17.2. The number of ether oxygens (including phenoxy) is 1. The molecule has 3 N–H and O–H groups in total. The Kier molecular flexibility index (Phi) is 6.29. The highest BCUT2D eigenvalue weighted by atomic mass is 35.5. The van der Waals surface area contributed by atoms with Crippen molar-refractivity contribution >= 4 is 62.8 Å². The number of H-pyrrole nitrogens is 1. The van der Waals surface area contributed by atoms with Crippen molar-refractivity contribution in [1.29, 1.82) is 0 Å². The van der Waals surface area contributed by atoms with Crippen LogP contribution in [0.4, 0.5) is 5.69 Å². The Bertz CT molecular complexity index is 1500. The second-order valence-electron chi connectivity index (χ2n) is 8.43. The third-order valence-electron chi connectivity index (χ3n) is 5.60. The molecule has 0 aliphatic carbocycles. The van der Waals surface area contributed by atoms with E-state index in [1.807, 2.05) is 0 Å². The molecule has 5 rings (SSSR count). The number of methoxy groups -OCH3 is 1. The number of carbonyl (C=O) groups excluding carboxylic acids is 2. The molecule has 36 heavy (non-hydrogen) atoms. The Labute approximate surface area is 217 Å². The maximum atomic E-state index is 13.5. The molecule has 0 radical (unpaired) electrons. The fraction of sp³-hybridized carbons (Fsp3) is 0.227. The zero-order chi connectivity index (χ0) is 25.6. The van der Waals surface area contributed by atoms with Crippen LogP contribution in [0.1, 0.15) is 27.8 Å². The summed E-state index contributed by atoms with van der Waals surface area (Å²) in [6.45, 7) is 1.81. The first-order valence-corrected chi connectivity index (χ1v) is 12.8. The van der Waals surface area contributed by atoms with E-state index in [1.54, 1.807) is 25.1 Å². The topological polar surface area (TPSA) is 150 Å². The minimum atomic E-state index is -0.988. The molecule has 2 amide bonds. The predicted octanol–water partition coefficient (Wildman–Crippen LogP) is 2.96. The number of aromatic nitrogens is 5. The molecule has 0 unspecified atom stereocenters. The maximum Gasteiger partial charge on any atom is 0.274 e. The molecule has 3 aromatic heterocycles. The monoisotopic (exact) mass is 547 g/mol. The highest BCUT2D eigenvalue weighted by Gasteiger charge is 2.46. The molecule has 4 aromatic rings. The third-order valence-corrected chi connectivity index (χ3v) is 8.11. The normalized spacial score (nSPS) is 19.1. The van der Waals surface area contributed by atoms with Gasteiger partial charge in [-0.15, -0.1) is 5.10 Å². The fourth-order valence-corrected chi connectivity index (χ4v) is 5.92. The summed E-state index contributed by atoms with van der Waals surface area (Å²) in [6, 6.07) is 6.25. The first kappa shape index (κ1) is 24.4. The van der Waals surface area contributed by atoms with Crippen molar-refractivity contribution in [2.24, 2.45) is 0 Å². The molecule has 0 saturated carbocycles. The number of amides is 2. The van der Waals surface area contributed by atoms with Gasteiger partial charge in [0.25, 0.3) is 11.8 Å². The van der Waals surface area contributed by atoms with Crippen LogP contribution in [-0.4, -0.2) is 65.5 Å². The smallest absolute Gasteiger partial charge is 0.274 e. The number of rotatable bonds is 6. The third kappa shape index (κ3) is 4.37. The number of nitrogens with zero attached hydrogens (tertiary/aromatic N) is 4. The van der Waals surface area contributed by atoms with Gasteiger partial charge in [-0.25, -0.2) is 9.67 Å². The molecular weight excluding hydrogens is 529 g/mol. The summed E-state index contributed by atoms with van der Waals surface area (Å²) < 4.78 is 18.1. The fourth-order valence-electron chi connectivity index (χ4n) is 3.98. The number of carbonyl (C=O) groups is 2. The number of fused-ring (bicyclic) bond motifs is 1. The number of anilines is 1. The largest absolute Gasteiger partial charge is 0.616 e. The molecule has 1 aliphatic rings. The Balaban J connectivity index is 1.56. The summed E-state index contributed by atoms with van der Waals surface area (Å²) in [5.74, 6) is -0.112. The zero-order valence-corrected chi connectivity index (χ0v) is 21.3. The Morgan fingerprint density at radius 2 is 2.03 bits per heavy atom. The molecule has 0 bridgehead atoms. The van der Waals surface area contributed by atoms with Gasteiger partial charge in [-0.1, -0.05) is 23.2 Å². The standard InChI is InChI=1S/C22H19Cl2N7O4S/c1-22(9-36(34)10-22)28-21(33)16-17-11(8-26-29-17)6-13(24)18(16)27-20(32)14-7-15(35-2)30-31(14)19-12(23)4-3-5-25-19/h3-8H,9-10H2,1-2H3,(H,26,29)(H,27,32)(H,28,33).